The second-order valence-electron chi connectivity index (χ2n) is 6.37. The van der Waals surface area contributed by atoms with Gasteiger partial charge in [-0.1, -0.05) is 0 Å². The average molecular weight is 292 g/mol. The Bertz CT molecular complexity index is 494. The topological polar surface area (TPSA) is 68.2 Å². The van der Waals surface area contributed by atoms with Gasteiger partial charge in [-0.05, 0) is 32.1 Å². The summed E-state index contributed by atoms with van der Waals surface area (Å²) in [5.74, 6) is 1.64. The van der Waals surface area contributed by atoms with Gasteiger partial charge in [-0.3, -0.25) is 0 Å². The lowest BCUT2D eigenvalue weighted by molar-refractivity contribution is 0.0229. The van der Waals surface area contributed by atoms with E-state index in [1.807, 2.05) is 12.4 Å². The Kier molecular flexibility index (Phi) is 4.14. The Hall–Kier alpha value is -1.56. The van der Waals surface area contributed by atoms with Gasteiger partial charge in [0.15, 0.2) is 0 Å². The zero-order valence-electron chi connectivity index (χ0n) is 12.6. The van der Waals surface area contributed by atoms with Crippen LogP contribution in [0.15, 0.2) is 12.4 Å². The molecule has 2 aliphatic rings. The van der Waals surface area contributed by atoms with Crippen LogP contribution in [0.5, 0.6) is 0 Å². The highest BCUT2D eigenvalue weighted by Crippen LogP contribution is 2.23. The number of carbonyl (C=O) groups is 1. The number of aromatic nitrogens is 2. The molecule has 2 atom stereocenters. The molecule has 0 aliphatic carbocycles. The third kappa shape index (κ3) is 3.56. The number of urea groups is 1. The molecular weight excluding hydrogens is 268 g/mol. The van der Waals surface area contributed by atoms with Gasteiger partial charge < -0.3 is 19.9 Å². The number of ether oxygens (including phenoxy) is 1. The van der Waals surface area contributed by atoms with Crippen LogP contribution in [-0.4, -0.2) is 40.9 Å². The minimum Gasteiger partial charge on any atom is -0.373 e. The number of hydrogen-bond acceptors (Lipinski definition) is 3. The van der Waals surface area contributed by atoms with Crippen LogP contribution in [0.1, 0.15) is 32.0 Å². The number of rotatable bonds is 4. The van der Waals surface area contributed by atoms with Crippen LogP contribution in [-0.2, 0) is 17.7 Å². The lowest BCUT2D eigenvalue weighted by atomic mass is 9.99. The zero-order valence-corrected chi connectivity index (χ0v) is 12.6. The molecule has 1 saturated heterocycles. The fourth-order valence-corrected chi connectivity index (χ4v) is 3.15. The van der Waals surface area contributed by atoms with E-state index in [9.17, 15) is 4.79 Å². The van der Waals surface area contributed by atoms with Crippen molar-refractivity contribution in [1.29, 1.82) is 0 Å². The van der Waals surface area contributed by atoms with Crippen molar-refractivity contribution in [2.45, 2.75) is 44.8 Å². The third-order valence-corrected chi connectivity index (χ3v) is 4.51. The van der Waals surface area contributed by atoms with Gasteiger partial charge in [-0.15, -0.1) is 0 Å². The van der Waals surface area contributed by atoms with Gasteiger partial charge in [0.1, 0.15) is 5.82 Å². The molecule has 0 aromatic carbocycles. The second-order valence-corrected chi connectivity index (χ2v) is 6.37. The summed E-state index contributed by atoms with van der Waals surface area (Å²) in [5.41, 5.74) is -0.187. The summed E-state index contributed by atoms with van der Waals surface area (Å²) < 4.78 is 7.84. The Morgan fingerprint density at radius 3 is 3.29 bits per heavy atom. The average Bonchev–Trinajstić information content (AvgIpc) is 3.11. The molecular formula is C15H24N4O2. The van der Waals surface area contributed by atoms with Gasteiger partial charge in [-0.25, -0.2) is 9.78 Å². The van der Waals surface area contributed by atoms with Crippen molar-refractivity contribution in [3.8, 4) is 0 Å². The van der Waals surface area contributed by atoms with Crippen molar-refractivity contribution in [2.75, 3.05) is 19.7 Å². The third-order valence-electron chi connectivity index (χ3n) is 4.51. The highest BCUT2D eigenvalue weighted by molar-refractivity contribution is 5.73. The predicted molar refractivity (Wildman–Crippen MR) is 79.0 cm³/mol. The summed E-state index contributed by atoms with van der Waals surface area (Å²) in [4.78, 5) is 16.2. The smallest absolute Gasteiger partial charge is 0.314 e. The summed E-state index contributed by atoms with van der Waals surface area (Å²) in [6.07, 6.45) is 8.03. The number of carbonyl (C=O) groups excluding carboxylic acids is 1. The lowest BCUT2D eigenvalue weighted by Gasteiger charge is -2.25. The van der Waals surface area contributed by atoms with Gasteiger partial charge in [0.2, 0.25) is 0 Å². The molecule has 2 N–H and O–H groups in total. The number of amides is 2. The normalized spacial score (nSPS) is 28.1. The van der Waals surface area contributed by atoms with Crippen molar-refractivity contribution in [2.24, 2.45) is 5.92 Å². The van der Waals surface area contributed by atoms with Crippen LogP contribution in [0.2, 0.25) is 0 Å². The highest BCUT2D eigenvalue weighted by Gasteiger charge is 2.30. The van der Waals surface area contributed by atoms with E-state index in [4.69, 9.17) is 4.74 Å². The Morgan fingerprint density at radius 2 is 2.48 bits per heavy atom. The first-order valence-corrected chi connectivity index (χ1v) is 7.80. The molecule has 0 saturated carbocycles. The minimum absolute atomic E-state index is 0.0943. The van der Waals surface area contributed by atoms with Crippen molar-refractivity contribution in [3.05, 3.63) is 18.2 Å². The lowest BCUT2D eigenvalue weighted by Crippen LogP contribution is -2.46. The SMILES string of the molecule is C[C@]1(CNC(=O)NC[C@@H]2CCc3nccn3C2)CCCO1. The number of fused-ring (bicyclic) bond motifs is 1. The quantitative estimate of drug-likeness (QED) is 0.879. The maximum Gasteiger partial charge on any atom is 0.314 e. The standard InChI is InChI=1S/C15H24N4O2/c1-15(5-2-8-21-15)11-18-14(20)17-9-12-3-4-13-16-6-7-19(13)10-12/h6-7,12H,2-5,8-11H2,1H3,(H2,17,18,20)/t12-,15+/m0/s1. The van der Waals surface area contributed by atoms with Gasteiger partial charge in [0.05, 0.1) is 5.60 Å². The molecule has 0 radical (unpaired) electrons. The summed E-state index contributed by atoms with van der Waals surface area (Å²) in [7, 11) is 0. The molecule has 116 valence electrons. The van der Waals surface area contributed by atoms with E-state index in [-0.39, 0.29) is 11.6 Å². The predicted octanol–water partition coefficient (Wildman–Crippen LogP) is 1.31. The summed E-state index contributed by atoms with van der Waals surface area (Å²) in [5, 5.41) is 5.90. The van der Waals surface area contributed by atoms with Gasteiger partial charge in [0, 0.05) is 45.1 Å². The maximum atomic E-state index is 11.9. The van der Waals surface area contributed by atoms with Gasteiger partial charge >= 0.3 is 6.03 Å². The molecule has 0 bridgehead atoms. The zero-order chi connectivity index (χ0) is 14.7. The highest BCUT2D eigenvalue weighted by atomic mass is 16.5. The Labute approximate surface area is 125 Å². The molecule has 1 fully saturated rings. The minimum atomic E-state index is -0.187. The van der Waals surface area contributed by atoms with Crippen LogP contribution in [0.25, 0.3) is 0 Å². The van der Waals surface area contributed by atoms with Crippen LogP contribution in [0.3, 0.4) is 0 Å². The molecule has 6 nitrogen and oxygen atoms in total. The summed E-state index contributed by atoms with van der Waals surface area (Å²) in [6.45, 7) is 5.09. The number of aryl methyl sites for hydroxylation is 1. The first kappa shape index (κ1) is 14.4. The Balaban J connectivity index is 1.38. The maximum absolute atomic E-state index is 11.9. The van der Waals surface area contributed by atoms with E-state index in [1.54, 1.807) is 0 Å². The Morgan fingerprint density at radius 1 is 1.57 bits per heavy atom. The van der Waals surface area contributed by atoms with E-state index < -0.39 is 0 Å². The van der Waals surface area contributed by atoms with Crippen molar-refractivity contribution < 1.29 is 9.53 Å². The molecule has 1 aromatic heterocycles. The van der Waals surface area contributed by atoms with Crippen molar-refractivity contribution >= 4 is 6.03 Å². The molecule has 3 heterocycles. The van der Waals surface area contributed by atoms with Crippen LogP contribution in [0, 0.1) is 5.92 Å². The van der Waals surface area contributed by atoms with Gasteiger partial charge in [0.25, 0.3) is 0 Å². The fraction of sp³-hybridized carbons (Fsp3) is 0.733. The first-order valence-electron chi connectivity index (χ1n) is 7.80. The molecule has 3 rings (SSSR count). The van der Waals surface area contributed by atoms with E-state index in [0.717, 1.165) is 44.7 Å². The van der Waals surface area contributed by atoms with E-state index in [0.29, 0.717) is 19.0 Å². The molecule has 6 heteroatoms. The molecule has 0 spiro atoms. The second kappa shape index (κ2) is 6.05. The van der Waals surface area contributed by atoms with Crippen molar-refractivity contribution in [1.82, 2.24) is 20.2 Å². The summed E-state index contributed by atoms with van der Waals surface area (Å²) in [6, 6.07) is -0.0943. The number of hydrogen-bond donors (Lipinski definition) is 2. The van der Waals surface area contributed by atoms with E-state index in [2.05, 4.69) is 27.1 Å². The van der Waals surface area contributed by atoms with Crippen LogP contribution in [0.4, 0.5) is 4.79 Å². The molecule has 21 heavy (non-hydrogen) atoms. The van der Waals surface area contributed by atoms with E-state index >= 15 is 0 Å². The number of nitrogens with one attached hydrogen (secondary N) is 2. The number of nitrogens with zero attached hydrogens (tertiary/aromatic N) is 2. The first-order chi connectivity index (χ1) is 10.1. The van der Waals surface area contributed by atoms with Crippen LogP contribution >= 0.6 is 0 Å². The largest absolute Gasteiger partial charge is 0.373 e. The van der Waals surface area contributed by atoms with Gasteiger partial charge in [-0.2, -0.15) is 0 Å². The monoisotopic (exact) mass is 292 g/mol. The van der Waals surface area contributed by atoms with Crippen molar-refractivity contribution in [3.63, 3.8) is 0 Å². The molecule has 1 aromatic rings. The fourth-order valence-electron chi connectivity index (χ4n) is 3.15. The number of imidazole rings is 1. The van der Waals surface area contributed by atoms with E-state index in [1.165, 1.54) is 0 Å². The molecule has 2 aliphatic heterocycles. The van der Waals surface area contributed by atoms with Crippen LogP contribution < -0.4 is 10.6 Å². The molecule has 2 amide bonds. The summed E-state index contributed by atoms with van der Waals surface area (Å²) >= 11 is 0. The molecule has 0 unspecified atom stereocenters.